The number of carbonyl (C=O) groups excluding carboxylic acids is 1. The third-order valence-electron chi connectivity index (χ3n) is 1.14. The van der Waals surface area contributed by atoms with Gasteiger partial charge in [-0.25, -0.2) is 4.79 Å². The first-order chi connectivity index (χ1) is 5.20. The standard InChI is InChI=1S/C7H10O3S/c1-5(2)7(8)10-11-4-6-3-9-6/h6H,1,3-4H2,2H3. The summed E-state index contributed by atoms with van der Waals surface area (Å²) in [5.74, 6) is 0.370. The molecular weight excluding hydrogens is 164 g/mol. The summed E-state index contributed by atoms with van der Waals surface area (Å²) in [5, 5.41) is 0. The summed E-state index contributed by atoms with van der Waals surface area (Å²) in [7, 11) is 0. The fourth-order valence-corrected chi connectivity index (χ4v) is 1.06. The van der Waals surface area contributed by atoms with Gasteiger partial charge in [0.2, 0.25) is 0 Å². The second kappa shape index (κ2) is 3.78. The van der Waals surface area contributed by atoms with Gasteiger partial charge in [0.15, 0.2) is 0 Å². The monoisotopic (exact) mass is 174 g/mol. The normalized spacial score (nSPS) is 21.0. The zero-order valence-electron chi connectivity index (χ0n) is 6.33. The second-order valence-electron chi connectivity index (χ2n) is 2.39. The molecule has 1 fully saturated rings. The van der Waals surface area contributed by atoms with Crippen LogP contribution in [-0.4, -0.2) is 24.4 Å². The van der Waals surface area contributed by atoms with Crippen molar-refractivity contribution in [2.45, 2.75) is 13.0 Å². The number of carbonyl (C=O) groups is 1. The van der Waals surface area contributed by atoms with Crippen molar-refractivity contribution >= 4 is 18.0 Å². The van der Waals surface area contributed by atoms with Gasteiger partial charge in [0, 0.05) is 5.57 Å². The summed E-state index contributed by atoms with van der Waals surface area (Å²) in [5.41, 5.74) is 0.425. The molecule has 3 nitrogen and oxygen atoms in total. The molecule has 1 atom stereocenters. The lowest BCUT2D eigenvalue weighted by molar-refractivity contribution is -0.128. The van der Waals surface area contributed by atoms with Crippen molar-refractivity contribution in [3.8, 4) is 0 Å². The van der Waals surface area contributed by atoms with Crippen LogP contribution in [0.15, 0.2) is 12.2 Å². The molecule has 0 aromatic rings. The van der Waals surface area contributed by atoms with Gasteiger partial charge >= 0.3 is 5.97 Å². The van der Waals surface area contributed by atoms with Gasteiger partial charge in [-0.1, -0.05) is 6.58 Å². The van der Waals surface area contributed by atoms with E-state index in [1.165, 1.54) is 0 Å². The molecule has 1 rings (SSSR count). The van der Waals surface area contributed by atoms with Crippen LogP contribution >= 0.6 is 12.0 Å². The summed E-state index contributed by atoms with van der Waals surface area (Å²) >= 11 is 1.12. The molecule has 1 aliphatic rings. The minimum absolute atomic E-state index is 0.290. The van der Waals surface area contributed by atoms with E-state index in [4.69, 9.17) is 8.92 Å². The maximum Gasteiger partial charge on any atom is 0.345 e. The van der Waals surface area contributed by atoms with Crippen molar-refractivity contribution in [2.24, 2.45) is 0 Å². The molecule has 4 heteroatoms. The average molecular weight is 174 g/mol. The van der Waals surface area contributed by atoms with Crippen molar-refractivity contribution in [1.82, 2.24) is 0 Å². The van der Waals surface area contributed by atoms with Crippen LogP contribution in [0.4, 0.5) is 0 Å². The topological polar surface area (TPSA) is 38.8 Å². The van der Waals surface area contributed by atoms with Crippen molar-refractivity contribution in [2.75, 3.05) is 12.4 Å². The molecule has 1 unspecified atom stereocenters. The number of hydrogen-bond acceptors (Lipinski definition) is 4. The highest BCUT2D eigenvalue weighted by molar-refractivity contribution is 7.95. The Morgan fingerprint density at radius 1 is 1.91 bits per heavy atom. The molecule has 0 spiro atoms. The maximum absolute atomic E-state index is 10.8. The van der Waals surface area contributed by atoms with Crippen molar-refractivity contribution < 1.29 is 13.7 Å². The molecule has 1 saturated heterocycles. The third kappa shape index (κ3) is 3.43. The van der Waals surface area contributed by atoms with Crippen LogP contribution in [0, 0.1) is 0 Å². The van der Waals surface area contributed by atoms with Crippen molar-refractivity contribution in [3.63, 3.8) is 0 Å². The first kappa shape index (κ1) is 8.62. The Bertz CT molecular complexity index is 175. The lowest BCUT2D eigenvalue weighted by Crippen LogP contribution is -2.01. The molecular formula is C7H10O3S. The molecule has 0 N–H and O–H groups in total. The molecule has 0 bridgehead atoms. The Hall–Kier alpha value is -0.480. The first-order valence-corrected chi connectivity index (χ1v) is 4.22. The molecule has 0 aromatic carbocycles. The Morgan fingerprint density at radius 2 is 2.55 bits per heavy atom. The number of rotatable bonds is 4. The van der Waals surface area contributed by atoms with Crippen molar-refractivity contribution in [3.05, 3.63) is 12.2 Å². The number of epoxide rings is 1. The average Bonchev–Trinajstić information content (AvgIpc) is 2.71. The predicted molar refractivity (Wildman–Crippen MR) is 43.1 cm³/mol. The van der Waals surface area contributed by atoms with Crippen molar-refractivity contribution in [1.29, 1.82) is 0 Å². The summed E-state index contributed by atoms with van der Waals surface area (Å²) in [6.07, 6.45) is 0.290. The van der Waals surface area contributed by atoms with E-state index in [1.807, 2.05) is 0 Å². The molecule has 0 radical (unpaired) electrons. The zero-order valence-corrected chi connectivity index (χ0v) is 7.15. The molecule has 0 amide bonds. The van der Waals surface area contributed by atoms with Gasteiger partial charge < -0.3 is 8.92 Å². The first-order valence-electron chi connectivity index (χ1n) is 3.31. The maximum atomic E-state index is 10.8. The highest BCUT2D eigenvalue weighted by Gasteiger charge is 2.23. The van der Waals surface area contributed by atoms with E-state index in [9.17, 15) is 4.79 Å². The Labute approximate surface area is 70.0 Å². The Morgan fingerprint density at radius 3 is 3.00 bits per heavy atom. The third-order valence-corrected chi connectivity index (χ3v) is 1.92. The lowest BCUT2D eigenvalue weighted by Gasteiger charge is -1.98. The molecule has 11 heavy (non-hydrogen) atoms. The second-order valence-corrected chi connectivity index (χ2v) is 3.13. The van der Waals surface area contributed by atoms with E-state index in [0.29, 0.717) is 5.57 Å². The predicted octanol–water partition coefficient (Wildman–Crippen LogP) is 1.15. The summed E-state index contributed by atoms with van der Waals surface area (Å²) in [6.45, 7) is 5.86. The Balaban J connectivity index is 2.01. The van der Waals surface area contributed by atoms with Gasteiger partial charge in [-0.05, 0) is 6.92 Å². The lowest BCUT2D eigenvalue weighted by atomic mass is 10.4. The van der Waals surface area contributed by atoms with Crippen LogP contribution < -0.4 is 0 Å². The molecule has 1 heterocycles. The number of ether oxygens (including phenoxy) is 1. The SMILES string of the molecule is C=C(C)C(=O)OSCC1CO1. The van der Waals surface area contributed by atoms with Crippen LogP contribution in [-0.2, 0) is 13.7 Å². The molecule has 0 aliphatic carbocycles. The van der Waals surface area contributed by atoms with E-state index in [2.05, 4.69) is 6.58 Å². The van der Waals surface area contributed by atoms with Crippen LogP contribution in [0.3, 0.4) is 0 Å². The van der Waals surface area contributed by atoms with Gasteiger partial charge in [-0.2, -0.15) is 0 Å². The zero-order chi connectivity index (χ0) is 8.27. The minimum Gasteiger partial charge on any atom is -0.388 e. The summed E-state index contributed by atoms with van der Waals surface area (Å²) in [6, 6.07) is 0. The van der Waals surface area contributed by atoms with Gasteiger partial charge in [0.05, 0.1) is 30.5 Å². The largest absolute Gasteiger partial charge is 0.388 e. The number of hydrogen-bond donors (Lipinski definition) is 0. The van der Waals surface area contributed by atoms with Crippen LogP contribution in [0.25, 0.3) is 0 Å². The quantitative estimate of drug-likeness (QED) is 0.364. The van der Waals surface area contributed by atoms with Gasteiger partial charge in [0.25, 0.3) is 0 Å². The van der Waals surface area contributed by atoms with E-state index in [0.717, 1.165) is 24.4 Å². The molecule has 0 saturated carbocycles. The summed E-state index contributed by atoms with van der Waals surface area (Å²) in [4.78, 5) is 10.8. The van der Waals surface area contributed by atoms with E-state index >= 15 is 0 Å². The van der Waals surface area contributed by atoms with E-state index in [1.54, 1.807) is 6.92 Å². The minimum atomic E-state index is -0.351. The van der Waals surface area contributed by atoms with Crippen LogP contribution in [0.5, 0.6) is 0 Å². The van der Waals surface area contributed by atoms with Gasteiger partial charge in [0.1, 0.15) is 0 Å². The van der Waals surface area contributed by atoms with Gasteiger partial charge in [-0.15, -0.1) is 0 Å². The molecule has 0 aromatic heterocycles. The summed E-state index contributed by atoms with van der Waals surface area (Å²) < 4.78 is 9.67. The fourth-order valence-electron chi connectivity index (χ4n) is 0.399. The molecule has 62 valence electrons. The smallest absolute Gasteiger partial charge is 0.345 e. The molecule has 1 aliphatic heterocycles. The van der Waals surface area contributed by atoms with E-state index in [-0.39, 0.29) is 12.1 Å². The highest BCUT2D eigenvalue weighted by Crippen LogP contribution is 2.17. The van der Waals surface area contributed by atoms with Crippen LogP contribution in [0.2, 0.25) is 0 Å². The van der Waals surface area contributed by atoms with E-state index < -0.39 is 0 Å². The van der Waals surface area contributed by atoms with Gasteiger partial charge in [-0.3, -0.25) is 0 Å². The highest BCUT2D eigenvalue weighted by atomic mass is 32.2. The Kier molecular flexibility index (Phi) is 2.96. The van der Waals surface area contributed by atoms with Crippen LogP contribution in [0.1, 0.15) is 6.92 Å². The fraction of sp³-hybridized carbons (Fsp3) is 0.571.